The summed E-state index contributed by atoms with van der Waals surface area (Å²) < 4.78 is 0. The zero-order valence-electron chi connectivity index (χ0n) is 4.41. The van der Waals surface area contributed by atoms with Crippen LogP contribution in [0.3, 0.4) is 0 Å². The maximum atomic E-state index is 4.71. The van der Waals surface area contributed by atoms with Crippen molar-refractivity contribution in [3.8, 4) is 0 Å². The zero-order valence-corrected chi connectivity index (χ0v) is 5.22. The van der Waals surface area contributed by atoms with Gasteiger partial charge >= 0.3 is 0 Å². The Balaban J connectivity index is 2.43. The largest absolute Gasteiger partial charge is 0.341 e. The fourth-order valence-electron chi connectivity index (χ4n) is 0.568. The van der Waals surface area contributed by atoms with Gasteiger partial charge in [-0.25, -0.2) is 0 Å². The Morgan fingerprint density at radius 1 is 1.43 bits per heavy atom. The molecule has 40 valence electrons. The fourth-order valence-corrected chi connectivity index (χ4v) is 1.08. The Labute approximate surface area is 48.3 Å². The SMILES string of the molecule is CC1(C)NC(=S)N1. The van der Waals surface area contributed by atoms with Gasteiger partial charge in [0.15, 0.2) is 5.11 Å². The van der Waals surface area contributed by atoms with Crippen LogP contribution in [0, 0.1) is 0 Å². The van der Waals surface area contributed by atoms with Gasteiger partial charge in [0.25, 0.3) is 0 Å². The van der Waals surface area contributed by atoms with E-state index in [-0.39, 0.29) is 5.66 Å². The Hall–Kier alpha value is -0.310. The fraction of sp³-hybridized carbons (Fsp3) is 0.750. The molecule has 3 heteroatoms. The molecule has 1 heterocycles. The summed E-state index contributed by atoms with van der Waals surface area (Å²) >= 11 is 4.71. The Bertz CT molecular complexity index is 98.3. The van der Waals surface area contributed by atoms with Gasteiger partial charge in [0, 0.05) is 0 Å². The summed E-state index contributed by atoms with van der Waals surface area (Å²) in [6.07, 6.45) is 0. The maximum absolute atomic E-state index is 4.71. The minimum Gasteiger partial charge on any atom is -0.341 e. The molecule has 0 aliphatic carbocycles. The molecular weight excluding hydrogens is 108 g/mol. The predicted molar refractivity (Wildman–Crippen MR) is 32.9 cm³/mol. The van der Waals surface area contributed by atoms with E-state index < -0.39 is 0 Å². The van der Waals surface area contributed by atoms with Gasteiger partial charge in [-0.2, -0.15) is 0 Å². The van der Waals surface area contributed by atoms with Gasteiger partial charge in [0.2, 0.25) is 0 Å². The normalized spacial score (nSPS) is 24.6. The lowest BCUT2D eigenvalue weighted by Gasteiger charge is -2.39. The summed E-state index contributed by atoms with van der Waals surface area (Å²) in [5.41, 5.74) is 0.0527. The van der Waals surface area contributed by atoms with Crippen molar-refractivity contribution < 1.29 is 0 Å². The highest BCUT2D eigenvalue weighted by Gasteiger charge is 2.27. The lowest BCUT2D eigenvalue weighted by molar-refractivity contribution is 0.356. The molecule has 0 spiro atoms. The van der Waals surface area contributed by atoms with E-state index in [9.17, 15) is 0 Å². The summed E-state index contributed by atoms with van der Waals surface area (Å²) in [5.74, 6) is 0. The zero-order chi connectivity index (χ0) is 5.49. The molecule has 0 radical (unpaired) electrons. The average molecular weight is 116 g/mol. The van der Waals surface area contributed by atoms with E-state index in [1.165, 1.54) is 0 Å². The predicted octanol–water partition coefficient (Wildman–Crippen LogP) is 0.200. The van der Waals surface area contributed by atoms with Crippen LogP contribution in [0.15, 0.2) is 0 Å². The molecule has 1 aliphatic heterocycles. The molecular formula is C4H8N2S. The van der Waals surface area contributed by atoms with E-state index >= 15 is 0 Å². The molecule has 0 aromatic heterocycles. The van der Waals surface area contributed by atoms with Crippen LogP contribution in [0.5, 0.6) is 0 Å². The molecule has 0 saturated carbocycles. The van der Waals surface area contributed by atoms with Crippen LogP contribution >= 0.6 is 12.2 Å². The second kappa shape index (κ2) is 1.10. The lowest BCUT2D eigenvalue weighted by Crippen LogP contribution is -2.70. The molecule has 2 N–H and O–H groups in total. The topological polar surface area (TPSA) is 24.1 Å². The molecule has 0 aromatic carbocycles. The van der Waals surface area contributed by atoms with Gasteiger partial charge in [-0.05, 0) is 26.1 Å². The standard InChI is InChI=1S/C4H8N2S/c1-4(2)5-3(7)6-4/h1-2H3,(H2,5,6,7). The van der Waals surface area contributed by atoms with Gasteiger partial charge < -0.3 is 10.6 Å². The van der Waals surface area contributed by atoms with Crippen molar-refractivity contribution in [3.63, 3.8) is 0 Å². The summed E-state index contributed by atoms with van der Waals surface area (Å²) in [5, 5.41) is 6.76. The molecule has 0 aromatic rings. The van der Waals surface area contributed by atoms with Crippen LogP contribution in [-0.2, 0) is 0 Å². The van der Waals surface area contributed by atoms with Crippen LogP contribution in [0.2, 0.25) is 0 Å². The van der Waals surface area contributed by atoms with Crippen molar-refractivity contribution >= 4 is 17.3 Å². The Morgan fingerprint density at radius 2 is 1.86 bits per heavy atom. The third-order valence-electron chi connectivity index (χ3n) is 0.852. The van der Waals surface area contributed by atoms with Crippen LogP contribution in [-0.4, -0.2) is 10.8 Å². The lowest BCUT2D eigenvalue weighted by atomic mass is 10.2. The van der Waals surface area contributed by atoms with Crippen molar-refractivity contribution in [2.45, 2.75) is 19.5 Å². The summed E-state index contributed by atoms with van der Waals surface area (Å²) in [4.78, 5) is 0. The van der Waals surface area contributed by atoms with E-state index in [4.69, 9.17) is 12.2 Å². The van der Waals surface area contributed by atoms with E-state index in [1.807, 2.05) is 13.8 Å². The van der Waals surface area contributed by atoms with E-state index in [0.29, 0.717) is 0 Å². The first kappa shape index (κ1) is 4.84. The molecule has 1 saturated heterocycles. The minimum absolute atomic E-state index is 0.0527. The van der Waals surface area contributed by atoms with Crippen LogP contribution < -0.4 is 10.6 Å². The van der Waals surface area contributed by atoms with Crippen molar-refractivity contribution in [3.05, 3.63) is 0 Å². The molecule has 0 bridgehead atoms. The van der Waals surface area contributed by atoms with Crippen LogP contribution in [0.1, 0.15) is 13.8 Å². The molecule has 7 heavy (non-hydrogen) atoms. The molecule has 0 unspecified atom stereocenters. The van der Waals surface area contributed by atoms with Crippen molar-refractivity contribution in [2.24, 2.45) is 0 Å². The number of hydrogen-bond acceptors (Lipinski definition) is 1. The van der Waals surface area contributed by atoms with E-state index in [1.54, 1.807) is 0 Å². The molecule has 0 atom stereocenters. The maximum Gasteiger partial charge on any atom is 0.169 e. The van der Waals surface area contributed by atoms with Crippen molar-refractivity contribution in [1.82, 2.24) is 10.6 Å². The third-order valence-corrected chi connectivity index (χ3v) is 1.06. The monoisotopic (exact) mass is 116 g/mol. The van der Waals surface area contributed by atoms with Crippen molar-refractivity contribution in [1.29, 1.82) is 0 Å². The third kappa shape index (κ3) is 0.825. The average Bonchev–Trinajstić information content (AvgIpc) is 1.27. The second-order valence-electron chi connectivity index (χ2n) is 2.20. The summed E-state index contributed by atoms with van der Waals surface area (Å²) in [6, 6.07) is 0. The minimum atomic E-state index is 0.0527. The summed E-state index contributed by atoms with van der Waals surface area (Å²) in [7, 11) is 0. The molecule has 1 aliphatic rings. The number of hydrogen-bond donors (Lipinski definition) is 2. The Morgan fingerprint density at radius 3 is 1.86 bits per heavy atom. The number of rotatable bonds is 0. The first-order chi connectivity index (χ1) is 3.10. The first-order valence-corrected chi connectivity index (χ1v) is 2.61. The van der Waals surface area contributed by atoms with E-state index in [0.717, 1.165) is 5.11 Å². The van der Waals surface area contributed by atoms with Gasteiger partial charge in [-0.1, -0.05) is 0 Å². The van der Waals surface area contributed by atoms with Crippen LogP contribution in [0.25, 0.3) is 0 Å². The number of thiocarbonyl (C=S) groups is 1. The van der Waals surface area contributed by atoms with Crippen molar-refractivity contribution in [2.75, 3.05) is 0 Å². The number of nitrogens with one attached hydrogen (secondary N) is 2. The molecule has 1 fully saturated rings. The molecule has 0 amide bonds. The van der Waals surface area contributed by atoms with Gasteiger partial charge in [0.05, 0.1) is 0 Å². The highest BCUT2D eigenvalue weighted by molar-refractivity contribution is 7.80. The molecule has 2 nitrogen and oxygen atoms in total. The summed E-state index contributed by atoms with van der Waals surface area (Å²) in [6.45, 7) is 4.06. The highest BCUT2D eigenvalue weighted by atomic mass is 32.1. The Kier molecular flexibility index (Phi) is 0.757. The highest BCUT2D eigenvalue weighted by Crippen LogP contribution is 2.03. The first-order valence-electron chi connectivity index (χ1n) is 2.20. The van der Waals surface area contributed by atoms with E-state index in [2.05, 4.69) is 10.6 Å². The quantitative estimate of drug-likeness (QED) is 0.442. The van der Waals surface area contributed by atoms with Gasteiger partial charge in [0.1, 0.15) is 5.66 Å². The van der Waals surface area contributed by atoms with Gasteiger partial charge in [-0.15, -0.1) is 0 Å². The van der Waals surface area contributed by atoms with Gasteiger partial charge in [-0.3, -0.25) is 0 Å². The second-order valence-corrected chi connectivity index (χ2v) is 2.61. The van der Waals surface area contributed by atoms with Crippen LogP contribution in [0.4, 0.5) is 0 Å². The molecule has 1 rings (SSSR count). The smallest absolute Gasteiger partial charge is 0.169 e.